The number of carbonyl (C=O) groups is 1. The lowest BCUT2D eigenvalue weighted by Gasteiger charge is -2.37. The van der Waals surface area contributed by atoms with E-state index in [9.17, 15) is 9.18 Å². The molecule has 1 fully saturated rings. The number of ether oxygens (including phenoxy) is 2. The number of fused-ring (bicyclic) bond motifs is 1. The van der Waals surface area contributed by atoms with Gasteiger partial charge in [-0.3, -0.25) is 9.89 Å². The van der Waals surface area contributed by atoms with Crippen LogP contribution in [0.15, 0.2) is 54.6 Å². The third kappa shape index (κ3) is 4.95. The summed E-state index contributed by atoms with van der Waals surface area (Å²) >= 11 is 0. The zero-order valence-electron chi connectivity index (χ0n) is 21.3. The lowest BCUT2D eigenvalue weighted by molar-refractivity contribution is 0.102. The number of benzene rings is 3. The molecule has 2 atom stereocenters. The van der Waals surface area contributed by atoms with Crippen molar-refractivity contribution in [2.24, 2.45) is 0 Å². The zero-order valence-corrected chi connectivity index (χ0v) is 21.3. The molecule has 1 aliphatic rings. The van der Waals surface area contributed by atoms with Gasteiger partial charge in [0.1, 0.15) is 5.75 Å². The fourth-order valence-corrected chi connectivity index (χ4v) is 4.87. The van der Waals surface area contributed by atoms with Gasteiger partial charge in [-0.2, -0.15) is 5.10 Å². The largest absolute Gasteiger partial charge is 0.497 e. The molecule has 0 radical (unpaired) electrons. The molecule has 3 aromatic carbocycles. The molecule has 1 saturated heterocycles. The van der Waals surface area contributed by atoms with Gasteiger partial charge in [-0.25, -0.2) is 4.39 Å². The van der Waals surface area contributed by atoms with Gasteiger partial charge in [-0.15, -0.1) is 0 Å². The zero-order chi connectivity index (χ0) is 26.1. The minimum Gasteiger partial charge on any atom is -0.497 e. The van der Waals surface area contributed by atoms with E-state index in [2.05, 4.69) is 39.6 Å². The summed E-state index contributed by atoms with van der Waals surface area (Å²) in [4.78, 5) is 15.3. The number of hydrogen-bond donors (Lipinski definition) is 3. The number of H-pyrrole nitrogens is 1. The van der Waals surface area contributed by atoms with E-state index in [1.54, 1.807) is 24.3 Å². The molecule has 37 heavy (non-hydrogen) atoms. The molecule has 9 heteroatoms. The summed E-state index contributed by atoms with van der Waals surface area (Å²) < 4.78 is 25.4. The van der Waals surface area contributed by atoms with Gasteiger partial charge in [-0.1, -0.05) is 6.07 Å². The van der Waals surface area contributed by atoms with Crippen LogP contribution in [0, 0.1) is 5.82 Å². The fraction of sp³-hybridized carbons (Fsp3) is 0.286. The molecule has 2 heterocycles. The number of piperazine rings is 1. The molecule has 4 aromatic rings. The molecule has 0 bridgehead atoms. The second-order valence-electron chi connectivity index (χ2n) is 9.40. The lowest BCUT2D eigenvalue weighted by Crippen LogP contribution is -2.54. The van der Waals surface area contributed by atoms with Crippen molar-refractivity contribution in [3.63, 3.8) is 0 Å². The summed E-state index contributed by atoms with van der Waals surface area (Å²) in [6, 6.07) is 16.9. The molecule has 0 saturated carbocycles. The van der Waals surface area contributed by atoms with Crippen LogP contribution >= 0.6 is 0 Å². The van der Waals surface area contributed by atoms with Crippen LogP contribution in [0.3, 0.4) is 0 Å². The summed E-state index contributed by atoms with van der Waals surface area (Å²) in [7, 11) is 2.93. The van der Waals surface area contributed by atoms with Crippen molar-refractivity contribution >= 4 is 28.3 Å². The maximum Gasteiger partial charge on any atom is 0.256 e. The van der Waals surface area contributed by atoms with Crippen molar-refractivity contribution in [1.82, 2.24) is 15.5 Å². The van der Waals surface area contributed by atoms with Crippen molar-refractivity contribution in [2.45, 2.75) is 25.9 Å². The van der Waals surface area contributed by atoms with E-state index in [1.165, 1.54) is 20.3 Å². The Kier molecular flexibility index (Phi) is 6.71. The standard InChI is InChI=1S/C28H30FN5O3/c1-16-14-34(15-17(2)30-16)20-8-5-18(6-9-20)28(35)31-27-22-10-7-19(11-24(22)32-33-27)23-12-21(36-3)13-25(37-4)26(23)29/h5-13,16-17,30H,14-15H2,1-4H3,(H2,31,32,33,35)/t16-,17+. The highest BCUT2D eigenvalue weighted by Gasteiger charge is 2.21. The van der Waals surface area contributed by atoms with E-state index in [-0.39, 0.29) is 11.7 Å². The van der Waals surface area contributed by atoms with Gasteiger partial charge < -0.3 is 25.0 Å². The van der Waals surface area contributed by atoms with E-state index in [0.29, 0.717) is 51.2 Å². The molecular formula is C28H30FN5O3. The Labute approximate surface area is 214 Å². The first-order chi connectivity index (χ1) is 17.9. The summed E-state index contributed by atoms with van der Waals surface area (Å²) in [6.45, 7) is 6.19. The van der Waals surface area contributed by atoms with Gasteiger partial charge in [0.2, 0.25) is 0 Å². The summed E-state index contributed by atoms with van der Waals surface area (Å²) in [6.07, 6.45) is 0. The topological polar surface area (TPSA) is 91.5 Å². The van der Waals surface area contributed by atoms with Gasteiger partial charge in [0, 0.05) is 53.4 Å². The Bertz CT molecular complexity index is 1430. The van der Waals surface area contributed by atoms with Crippen LogP contribution in [0.4, 0.5) is 15.9 Å². The smallest absolute Gasteiger partial charge is 0.256 e. The van der Waals surface area contributed by atoms with Crippen molar-refractivity contribution in [3.8, 4) is 22.6 Å². The predicted molar refractivity (Wildman–Crippen MR) is 143 cm³/mol. The first kappa shape index (κ1) is 24.6. The van der Waals surface area contributed by atoms with Gasteiger partial charge >= 0.3 is 0 Å². The predicted octanol–water partition coefficient (Wildman–Crippen LogP) is 4.83. The number of halogens is 1. The Morgan fingerprint density at radius 1 is 1.03 bits per heavy atom. The van der Waals surface area contributed by atoms with Crippen molar-refractivity contribution in [2.75, 3.05) is 37.5 Å². The van der Waals surface area contributed by atoms with Crippen LogP contribution in [0.2, 0.25) is 0 Å². The van der Waals surface area contributed by atoms with Crippen LogP contribution in [0.25, 0.3) is 22.0 Å². The van der Waals surface area contributed by atoms with E-state index < -0.39 is 5.82 Å². The molecule has 0 unspecified atom stereocenters. The van der Waals surface area contributed by atoms with Crippen LogP contribution in [0.1, 0.15) is 24.2 Å². The van der Waals surface area contributed by atoms with E-state index in [0.717, 1.165) is 18.8 Å². The van der Waals surface area contributed by atoms with Crippen LogP contribution in [-0.4, -0.2) is 55.5 Å². The van der Waals surface area contributed by atoms with Gasteiger partial charge in [0.05, 0.1) is 19.7 Å². The second kappa shape index (κ2) is 10.1. The monoisotopic (exact) mass is 503 g/mol. The van der Waals surface area contributed by atoms with Crippen molar-refractivity contribution < 1.29 is 18.7 Å². The van der Waals surface area contributed by atoms with E-state index >= 15 is 0 Å². The Hall–Kier alpha value is -4.11. The molecule has 0 aliphatic carbocycles. The van der Waals surface area contributed by atoms with Crippen LogP contribution < -0.4 is 25.0 Å². The SMILES string of the molecule is COc1cc(OC)c(F)c(-c2ccc3c(NC(=O)c4ccc(N5C[C@@H](C)N[C@@H](C)C5)cc4)n[nH]c3c2)c1. The minimum absolute atomic E-state index is 0.0963. The van der Waals surface area contributed by atoms with Gasteiger partial charge in [-0.05, 0) is 61.9 Å². The van der Waals surface area contributed by atoms with E-state index in [4.69, 9.17) is 9.47 Å². The number of carbonyl (C=O) groups excluding carboxylic acids is 1. The third-order valence-electron chi connectivity index (χ3n) is 6.63. The molecule has 0 spiro atoms. The molecule has 1 amide bonds. The Balaban J connectivity index is 1.35. The number of nitrogens with one attached hydrogen (secondary N) is 3. The summed E-state index contributed by atoms with van der Waals surface area (Å²) in [5.41, 5.74) is 3.25. The van der Waals surface area contributed by atoms with Crippen molar-refractivity contribution in [1.29, 1.82) is 0 Å². The number of methoxy groups -OCH3 is 2. The maximum absolute atomic E-state index is 15.0. The maximum atomic E-state index is 15.0. The minimum atomic E-state index is -0.483. The molecule has 3 N–H and O–H groups in total. The van der Waals surface area contributed by atoms with Gasteiger partial charge in [0.25, 0.3) is 5.91 Å². The Morgan fingerprint density at radius 3 is 2.43 bits per heavy atom. The van der Waals surface area contributed by atoms with E-state index in [1.807, 2.05) is 24.3 Å². The highest BCUT2D eigenvalue weighted by atomic mass is 19.1. The lowest BCUT2D eigenvalue weighted by atomic mass is 10.0. The molecule has 1 aliphatic heterocycles. The first-order valence-electron chi connectivity index (χ1n) is 12.2. The molecule has 1 aromatic heterocycles. The second-order valence-corrected chi connectivity index (χ2v) is 9.40. The average molecular weight is 504 g/mol. The van der Waals surface area contributed by atoms with Crippen LogP contribution in [0.5, 0.6) is 11.5 Å². The number of hydrogen-bond acceptors (Lipinski definition) is 6. The number of anilines is 2. The highest BCUT2D eigenvalue weighted by molar-refractivity contribution is 6.08. The number of rotatable bonds is 6. The number of amides is 1. The number of nitrogens with zero attached hydrogens (tertiary/aromatic N) is 2. The average Bonchev–Trinajstić information content (AvgIpc) is 3.30. The first-order valence-corrected chi connectivity index (χ1v) is 12.2. The molecular weight excluding hydrogens is 473 g/mol. The molecule has 8 nitrogen and oxygen atoms in total. The number of aromatic amines is 1. The van der Waals surface area contributed by atoms with Crippen molar-refractivity contribution in [3.05, 3.63) is 66.0 Å². The fourth-order valence-electron chi connectivity index (χ4n) is 4.87. The quantitative estimate of drug-likeness (QED) is 0.349. The number of aromatic nitrogens is 2. The highest BCUT2D eigenvalue weighted by Crippen LogP contribution is 2.35. The third-order valence-corrected chi connectivity index (χ3v) is 6.63. The summed E-state index contributed by atoms with van der Waals surface area (Å²) in [5, 5.41) is 14.3. The molecule has 5 rings (SSSR count). The van der Waals surface area contributed by atoms with Crippen LogP contribution in [-0.2, 0) is 0 Å². The normalized spacial score (nSPS) is 17.6. The Morgan fingerprint density at radius 2 is 1.76 bits per heavy atom. The van der Waals surface area contributed by atoms with Gasteiger partial charge in [0.15, 0.2) is 17.4 Å². The summed E-state index contributed by atoms with van der Waals surface area (Å²) in [5.74, 6) is 0.250. The molecule has 192 valence electrons.